The zero-order valence-corrected chi connectivity index (χ0v) is 12.5. The first-order valence-corrected chi connectivity index (χ1v) is 7.42. The third kappa shape index (κ3) is 2.88. The van der Waals surface area contributed by atoms with Gasteiger partial charge < -0.3 is 10.2 Å². The van der Waals surface area contributed by atoms with Gasteiger partial charge in [-0.25, -0.2) is 0 Å². The van der Waals surface area contributed by atoms with Gasteiger partial charge in [-0.1, -0.05) is 27.2 Å². The highest BCUT2D eigenvalue weighted by Gasteiger charge is 2.34. The third-order valence-electron chi connectivity index (χ3n) is 4.67. The molecule has 1 aliphatic carbocycles. The van der Waals surface area contributed by atoms with Crippen molar-refractivity contribution in [2.75, 3.05) is 0 Å². The van der Waals surface area contributed by atoms with E-state index in [2.05, 4.69) is 20.8 Å². The lowest BCUT2D eigenvalue weighted by atomic mass is 9.67. The fourth-order valence-electron chi connectivity index (χ4n) is 3.67. The molecule has 1 aliphatic rings. The van der Waals surface area contributed by atoms with Crippen molar-refractivity contribution in [3.8, 4) is 11.5 Å². The average molecular weight is 262 g/mol. The Kier molecular flexibility index (Phi) is 4.07. The predicted molar refractivity (Wildman–Crippen MR) is 78.6 cm³/mol. The van der Waals surface area contributed by atoms with E-state index in [1.54, 1.807) is 12.1 Å². The number of phenols is 2. The highest BCUT2D eigenvalue weighted by molar-refractivity contribution is 5.48. The summed E-state index contributed by atoms with van der Waals surface area (Å²) in [5.74, 6) is 2.61. The number of hydrogen-bond acceptors (Lipinski definition) is 2. The van der Waals surface area contributed by atoms with Crippen LogP contribution in [0.5, 0.6) is 11.5 Å². The maximum atomic E-state index is 10.3. The van der Waals surface area contributed by atoms with Gasteiger partial charge in [0, 0.05) is 5.56 Å². The van der Waals surface area contributed by atoms with Crippen LogP contribution >= 0.6 is 0 Å². The smallest absolute Gasteiger partial charge is 0.123 e. The van der Waals surface area contributed by atoms with Gasteiger partial charge in [0.25, 0.3) is 0 Å². The normalized spacial score (nSPS) is 27.7. The predicted octanol–water partition coefficient (Wildman–Crippen LogP) is 4.58. The molecule has 2 nitrogen and oxygen atoms in total. The van der Waals surface area contributed by atoms with E-state index >= 15 is 0 Å². The summed E-state index contributed by atoms with van der Waals surface area (Å²) >= 11 is 0. The molecule has 1 aromatic rings. The van der Waals surface area contributed by atoms with Crippen molar-refractivity contribution in [1.82, 2.24) is 0 Å². The van der Waals surface area contributed by atoms with Gasteiger partial charge in [0.2, 0.25) is 0 Å². The summed E-state index contributed by atoms with van der Waals surface area (Å²) in [6.07, 6.45) is 3.51. The van der Waals surface area contributed by atoms with Crippen LogP contribution < -0.4 is 0 Å². The summed E-state index contributed by atoms with van der Waals surface area (Å²) in [5, 5.41) is 20.5. The number of aromatic hydroxyl groups is 2. The Balaban J connectivity index is 2.42. The van der Waals surface area contributed by atoms with Gasteiger partial charge in [0.15, 0.2) is 0 Å². The molecule has 2 rings (SSSR count). The van der Waals surface area contributed by atoms with Gasteiger partial charge in [-0.05, 0) is 61.1 Å². The van der Waals surface area contributed by atoms with Crippen LogP contribution in [0, 0.1) is 24.7 Å². The molecule has 0 bridgehead atoms. The first kappa shape index (κ1) is 14.2. The maximum Gasteiger partial charge on any atom is 0.123 e. The van der Waals surface area contributed by atoms with Crippen LogP contribution in [0.3, 0.4) is 0 Å². The summed E-state index contributed by atoms with van der Waals surface area (Å²) in [7, 11) is 0. The minimum Gasteiger partial charge on any atom is -0.508 e. The summed E-state index contributed by atoms with van der Waals surface area (Å²) < 4.78 is 0. The molecule has 2 heteroatoms. The van der Waals surface area contributed by atoms with Crippen molar-refractivity contribution < 1.29 is 10.2 Å². The Morgan fingerprint density at radius 2 is 1.68 bits per heavy atom. The Labute approximate surface area is 116 Å². The molecule has 0 aromatic heterocycles. The number of aryl methyl sites for hydroxylation is 1. The number of benzene rings is 1. The van der Waals surface area contributed by atoms with E-state index in [0.29, 0.717) is 17.8 Å². The minimum absolute atomic E-state index is 0.266. The van der Waals surface area contributed by atoms with E-state index in [1.165, 1.54) is 12.8 Å². The first-order chi connectivity index (χ1) is 8.90. The Hall–Kier alpha value is -1.18. The van der Waals surface area contributed by atoms with Crippen LogP contribution in [-0.4, -0.2) is 10.2 Å². The molecule has 0 spiro atoms. The molecule has 0 heterocycles. The molecular weight excluding hydrogens is 236 g/mol. The van der Waals surface area contributed by atoms with Crippen LogP contribution in [0.4, 0.5) is 0 Å². The number of rotatable bonds is 2. The van der Waals surface area contributed by atoms with E-state index in [0.717, 1.165) is 17.5 Å². The number of phenolic OH excluding ortho intramolecular Hbond substituents is 2. The molecule has 1 fully saturated rings. The van der Waals surface area contributed by atoms with Crippen molar-refractivity contribution in [3.05, 3.63) is 23.3 Å². The van der Waals surface area contributed by atoms with Crippen molar-refractivity contribution in [2.45, 2.75) is 52.9 Å². The highest BCUT2D eigenvalue weighted by atomic mass is 16.3. The van der Waals surface area contributed by atoms with Crippen LogP contribution in [0.15, 0.2) is 12.1 Å². The van der Waals surface area contributed by atoms with Gasteiger partial charge in [-0.2, -0.15) is 0 Å². The van der Waals surface area contributed by atoms with E-state index in [9.17, 15) is 10.2 Å². The summed E-state index contributed by atoms with van der Waals surface area (Å²) in [4.78, 5) is 0. The molecule has 19 heavy (non-hydrogen) atoms. The molecule has 3 atom stereocenters. The lowest BCUT2D eigenvalue weighted by Gasteiger charge is -2.38. The SMILES string of the molecule is Cc1cc(O)c([C@H]2C[C@@H](C)CC[C@@H]2C(C)C)c(O)c1. The first-order valence-electron chi connectivity index (χ1n) is 7.42. The molecule has 1 aromatic carbocycles. The fraction of sp³-hybridized carbons (Fsp3) is 0.647. The molecule has 106 valence electrons. The van der Waals surface area contributed by atoms with Crippen LogP contribution in [0.1, 0.15) is 57.1 Å². The van der Waals surface area contributed by atoms with Crippen molar-refractivity contribution in [1.29, 1.82) is 0 Å². The monoisotopic (exact) mass is 262 g/mol. The molecular formula is C17H26O2. The zero-order chi connectivity index (χ0) is 14.2. The standard InChI is InChI=1S/C17H26O2/c1-10(2)13-6-5-11(3)7-14(13)17-15(18)8-12(4)9-16(17)19/h8-11,13-14,18-19H,5-7H2,1-4H3/t11-,13+,14-/m0/s1. The molecule has 0 aliphatic heterocycles. The van der Waals surface area contributed by atoms with Crippen LogP contribution in [0.25, 0.3) is 0 Å². The lowest BCUT2D eigenvalue weighted by Crippen LogP contribution is -2.26. The van der Waals surface area contributed by atoms with Gasteiger partial charge in [-0.15, -0.1) is 0 Å². The maximum absolute atomic E-state index is 10.3. The van der Waals surface area contributed by atoms with Crippen LogP contribution in [-0.2, 0) is 0 Å². The largest absolute Gasteiger partial charge is 0.508 e. The topological polar surface area (TPSA) is 40.5 Å². The Morgan fingerprint density at radius 1 is 1.11 bits per heavy atom. The summed E-state index contributed by atoms with van der Waals surface area (Å²) in [6.45, 7) is 8.66. The van der Waals surface area contributed by atoms with E-state index in [1.807, 2.05) is 6.92 Å². The second-order valence-electron chi connectivity index (χ2n) is 6.65. The second-order valence-corrected chi connectivity index (χ2v) is 6.65. The molecule has 0 saturated heterocycles. The van der Waals surface area contributed by atoms with E-state index in [4.69, 9.17) is 0 Å². The number of hydrogen-bond donors (Lipinski definition) is 2. The van der Waals surface area contributed by atoms with E-state index in [-0.39, 0.29) is 17.4 Å². The summed E-state index contributed by atoms with van der Waals surface area (Å²) in [6, 6.07) is 3.54. The Morgan fingerprint density at radius 3 is 2.21 bits per heavy atom. The Bertz CT molecular complexity index is 428. The van der Waals surface area contributed by atoms with E-state index < -0.39 is 0 Å². The van der Waals surface area contributed by atoms with Gasteiger partial charge in [-0.3, -0.25) is 0 Å². The quantitative estimate of drug-likeness (QED) is 0.819. The minimum atomic E-state index is 0.266. The van der Waals surface area contributed by atoms with Gasteiger partial charge >= 0.3 is 0 Å². The molecule has 0 unspecified atom stereocenters. The van der Waals surface area contributed by atoms with Crippen molar-refractivity contribution >= 4 is 0 Å². The van der Waals surface area contributed by atoms with Crippen LogP contribution in [0.2, 0.25) is 0 Å². The molecule has 0 amide bonds. The second kappa shape index (κ2) is 5.44. The van der Waals surface area contributed by atoms with Crippen molar-refractivity contribution in [3.63, 3.8) is 0 Å². The molecule has 1 saturated carbocycles. The lowest BCUT2D eigenvalue weighted by molar-refractivity contribution is 0.192. The third-order valence-corrected chi connectivity index (χ3v) is 4.67. The van der Waals surface area contributed by atoms with Gasteiger partial charge in [0.1, 0.15) is 11.5 Å². The van der Waals surface area contributed by atoms with Crippen molar-refractivity contribution in [2.24, 2.45) is 17.8 Å². The average Bonchev–Trinajstić information content (AvgIpc) is 2.27. The van der Waals surface area contributed by atoms with Gasteiger partial charge in [0.05, 0.1) is 0 Å². The fourth-order valence-corrected chi connectivity index (χ4v) is 3.67. The highest BCUT2D eigenvalue weighted by Crippen LogP contribution is 2.49. The summed E-state index contributed by atoms with van der Waals surface area (Å²) in [5.41, 5.74) is 1.68. The molecule has 2 N–H and O–H groups in total. The molecule has 0 radical (unpaired) electrons. The zero-order valence-electron chi connectivity index (χ0n) is 12.5.